The van der Waals surface area contributed by atoms with Gasteiger partial charge in [0.1, 0.15) is 5.70 Å². The summed E-state index contributed by atoms with van der Waals surface area (Å²) in [5.74, 6) is -4.06. The smallest absolute Gasteiger partial charge is 0.355 e. The van der Waals surface area contributed by atoms with Gasteiger partial charge in [-0.3, -0.25) is 0 Å². The van der Waals surface area contributed by atoms with Gasteiger partial charge in [0, 0.05) is 8.07 Å². The van der Waals surface area contributed by atoms with E-state index in [0.717, 1.165) is 19.2 Å². The van der Waals surface area contributed by atoms with Crippen LogP contribution < -0.4 is 10.6 Å². The van der Waals surface area contributed by atoms with Crippen molar-refractivity contribution in [3.8, 4) is 0 Å². The number of carbonyl (C=O) groups excluding carboxylic acids is 3. The van der Waals surface area contributed by atoms with Crippen molar-refractivity contribution in [2.75, 3.05) is 13.7 Å². The van der Waals surface area contributed by atoms with E-state index >= 15 is 0 Å². The van der Waals surface area contributed by atoms with Crippen LogP contribution in [-0.2, 0) is 19.1 Å². The highest BCUT2D eigenvalue weighted by molar-refractivity contribution is 6.76. The van der Waals surface area contributed by atoms with E-state index in [-0.39, 0.29) is 23.4 Å². The van der Waals surface area contributed by atoms with Crippen LogP contribution in [0.1, 0.15) is 11.6 Å². The summed E-state index contributed by atoms with van der Waals surface area (Å²) in [7, 11) is -0.373. The predicted octanol–water partition coefficient (Wildman–Crippen LogP) is 2.63. The zero-order valence-corrected chi connectivity index (χ0v) is 17.0. The number of hydrogen-bond donors (Lipinski definition) is 2. The standard InChI is InChI=1S/C18H22F2N2O5Si/c1-26-16(23)13-14(10-5-6-11(19)12(20)9-10)21-18(25)22-15(13)17(24)27-7-8-28(2,3)4/h5-6,9,14H,7-8H2,1-4H3,(H2,21,22,25). The Kier molecular flexibility index (Phi) is 6.55. The molecule has 1 atom stereocenters. The lowest BCUT2D eigenvalue weighted by Gasteiger charge is -2.28. The second-order valence-corrected chi connectivity index (χ2v) is 13.1. The van der Waals surface area contributed by atoms with Crippen molar-refractivity contribution in [3.05, 3.63) is 46.7 Å². The third-order valence-electron chi connectivity index (χ3n) is 4.04. The second kappa shape index (κ2) is 8.51. The molecule has 2 rings (SSSR count). The average Bonchev–Trinajstić information content (AvgIpc) is 2.61. The maximum absolute atomic E-state index is 13.7. The van der Waals surface area contributed by atoms with Gasteiger partial charge in [-0.1, -0.05) is 25.7 Å². The van der Waals surface area contributed by atoms with Crippen LogP contribution in [0.5, 0.6) is 0 Å². The summed E-state index contributed by atoms with van der Waals surface area (Å²) in [6.45, 7) is 6.44. The number of nitrogens with one attached hydrogen (secondary N) is 2. The van der Waals surface area contributed by atoms with Gasteiger partial charge in [0.25, 0.3) is 0 Å². The van der Waals surface area contributed by atoms with Crippen molar-refractivity contribution in [1.29, 1.82) is 0 Å². The first-order chi connectivity index (χ1) is 13.0. The number of halogens is 2. The van der Waals surface area contributed by atoms with Crippen molar-refractivity contribution < 1.29 is 32.6 Å². The highest BCUT2D eigenvalue weighted by Gasteiger charge is 2.37. The minimum absolute atomic E-state index is 0.0709. The Labute approximate surface area is 162 Å². The van der Waals surface area contributed by atoms with Crippen LogP contribution in [-0.4, -0.2) is 39.8 Å². The van der Waals surface area contributed by atoms with Crippen LogP contribution in [0.3, 0.4) is 0 Å². The molecule has 10 heteroatoms. The maximum Gasteiger partial charge on any atom is 0.355 e. The molecule has 0 saturated carbocycles. The molecule has 0 bridgehead atoms. The number of benzene rings is 1. The molecule has 152 valence electrons. The quantitative estimate of drug-likeness (QED) is 0.553. The van der Waals surface area contributed by atoms with Crippen molar-refractivity contribution >= 4 is 26.0 Å². The summed E-state index contributed by atoms with van der Waals surface area (Å²) in [6, 6.07) is 1.59. The molecule has 1 heterocycles. The number of rotatable bonds is 6. The van der Waals surface area contributed by atoms with Gasteiger partial charge in [0.05, 0.1) is 25.3 Å². The zero-order chi connectivity index (χ0) is 21.1. The van der Waals surface area contributed by atoms with Gasteiger partial charge in [0.2, 0.25) is 0 Å². The fourth-order valence-corrected chi connectivity index (χ4v) is 3.23. The van der Waals surface area contributed by atoms with Crippen LogP contribution in [0.2, 0.25) is 25.7 Å². The Morgan fingerprint density at radius 3 is 2.39 bits per heavy atom. The minimum atomic E-state index is -1.47. The van der Waals surface area contributed by atoms with Crippen LogP contribution in [0, 0.1) is 11.6 Å². The number of amides is 2. The summed E-state index contributed by atoms with van der Waals surface area (Å²) in [5, 5.41) is 4.66. The number of esters is 2. The lowest BCUT2D eigenvalue weighted by atomic mass is 9.95. The number of ether oxygens (including phenoxy) is 2. The Balaban J connectivity index is 2.42. The molecule has 0 radical (unpaired) electrons. The van der Waals surface area contributed by atoms with Crippen molar-refractivity contribution in [2.24, 2.45) is 0 Å². The summed E-state index contributed by atoms with van der Waals surface area (Å²) in [5.41, 5.74) is -0.575. The molecule has 7 nitrogen and oxygen atoms in total. The lowest BCUT2D eigenvalue weighted by molar-refractivity contribution is -0.141. The molecule has 1 aromatic carbocycles. The largest absolute Gasteiger partial charge is 0.466 e. The van der Waals surface area contributed by atoms with Gasteiger partial charge in [0.15, 0.2) is 11.6 Å². The normalized spacial score (nSPS) is 16.9. The van der Waals surface area contributed by atoms with E-state index < -0.39 is 43.7 Å². The molecule has 0 aromatic heterocycles. The van der Waals surface area contributed by atoms with Crippen LogP contribution in [0.4, 0.5) is 13.6 Å². The third kappa shape index (κ3) is 5.15. The third-order valence-corrected chi connectivity index (χ3v) is 5.75. The summed E-state index contributed by atoms with van der Waals surface area (Å²) >= 11 is 0. The van der Waals surface area contributed by atoms with Crippen molar-refractivity contribution in [2.45, 2.75) is 31.7 Å². The van der Waals surface area contributed by atoms with E-state index in [4.69, 9.17) is 9.47 Å². The van der Waals surface area contributed by atoms with E-state index in [1.165, 1.54) is 6.07 Å². The topological polar surface area (TPSA) is 93.7 Å². The number of urea groups is 1. The zero-order valence-electron chi connectivity index (χ0n) is 16.0. The molecule has 0 aliphatic carbocycles. The molecule has 1 aromatic rings. The second-order valence-electron chi connectivity index (χ2n) is 7.43. The van der Waals surface area contributed by atoms with E-state index in [2.05, 4.69) is 30.3 Å². The average molecular weight is 412 g/mol. The van der Waals surface area contributed by atoms with Gasteiger partial charge in [-0.2, -0.15) is 0 Å². The first-order valence-electron chi connectivity index (χ1n) is 8.55. The monoisotopic (exact) mass is 412 g/mol. The van der Waals surface area contributed by atoms with Gasteiger partial charge in [-0.05, 0) is 23.7 Å². The van der Waals surface area contributed by atoms with E-state index in [1.54, 1.807) is 0 Å². The van der Waals surface area contributed by atoms with E-state index in [1.807, 2.05) is 0 Å². The Morgan fingerprint density at radius 2 is 1.82 bits per heavy atom. The maximum atomic E-state index is 13.7. The highest BCUT2D eigenvalue weighted by Crippen LogP contribution is 2.29. The van der Waals surface area contributed by atoms with Gasteiger partial charge >= 0.3 is 18.0 Å². The number of carbonyl (C=O) groups is 3. The summed E-state index contributed by atoms with van der Waals surface area (Å²) in [4.78, 5) is 36.9. The Morgan fingerprint density at radius 1 is 1.14 bits per heavy atom. The summed E-state index contributed by atoms with van der Waals surface area (Å²) in [6.07, 6.45) is 0. The highest BCUT2D eigenvalue weighted by atomic mass is 28.3. The fraction of sp³-hybridized carbons (Fsp3) is 0.389. The molecule has 0 fully saturated rings. The number of methoxy groups -OCH3 is 1. The van der Waals surface area contributed by atoms with Gasteiger partial charge < -0.3 is 20.1 Å². The molecule has 1 unspecified atom stereocenters. The van der Waals surface area contributed by atoms with Crippen molar-refractivity contribution in [1.82, 2.24) is 10.6 Å². The summed E-state index contributed by atoms with van der Waals surface area (Å²) < 4.78 is 36.8. The molecule has 2 N–H and O–H groups in total. The van der Waals surface area contributed by atoms with Crippen LogP contribution in [0.15, 0.2) is 29.5 Å². The van der Waals surface area contributed by atoms with E-state index in [9.17, 15) is 23.2 Å². The van der Waals surface area contributed by atoms with E-state index in [0.29, 0.717) is 6.04 Å². The van der Waals surface area contributed by atoms with Crippen LogP contribution in [0.25, 0.3) is 0 Å². The minimum Gasteiger partial charge on any atom is -0.466 e. The Bertz CT molecular complexity index is 836. The van der Waals surface area contributed by atoms with Crippen molar-refractivity contribution in [3.63, 3.8) is 0 Å². The number of hydrogen-bond acceptors (Lipinski definition) is 5. The molecule has 1 aliphatic rings. The lowest BCUT2D eigenvalue weighted by Crippen LogP contribution is -2.48. The SMILES string of the molecule is COC(=O)C1=C(C(=O)OCC[Si](C)(C)C)NC(=O)NC1c1ccc(F)c(F)c1. The first kappa shape index (κ1) is 21.5. The van der Waals surface area contributed by atoms with Gasteiger partial charge in [-0.15, -0.1) is 0 Å². The van der Waals surface area contributed by atoms with Gasteiger partial charge in [-0.25, -0.2) is 23.2 Å². The predicted molar refractivity (Wildman–Crippen MR) is 98.9 cm³/mol. The Hall–Kier alpha value is -2.75. The molecular weight excluding hydrogens is 390 g/mol. The molecule has 28 heavy (non-hydrogen) atoms. The molecule has 0 saturated heterocycles. The fourth-order valence-electron chi connectivity index (χ4n) is 2.52. The first-order valence-corrected chi connectivity index (χ1v) is 12.3. The van der Waals surface area contributed by atoms with Crippen LogP contribution >= 0.6 is 0 Å². The molecular formula is C18H22F2N2O5Si. The molecule has 1 aliphatic heterocycles. The molecule has 0 spiro atoms. The molecule has 2 amide bonds.